The molecule has 23 heavy (non-hydrogen) atoms. The van der Waals surface area contributed by atoms with Crippen LogP contribution in [-0.2, 0) is 0 Å². The lowest BCUT2D eigenvalue weighted by molar-refractivity contribution is -0.383. The molecule has 0 aliphatic carbocycles. The van der Waals surface area contributed by atoms with Gasteiger partial charge in [0.1, 0.15) is 0 Å². The fraction of sp³-hybridized carbons (Fsp3) is 0.0526. The minimum Gasteiger partial charge on any atom is -0.362 e. The minimum absolute atomic E-state index is 0.130. The second-order valence-corrected chi connectivity index (χ2v) is 5.33. The van der Waals surface area contributed by atoms with E-state index in [1.807, 2.05) is 55.5 Å². The van der Waals surface area contributed by atoms with Gasteiger partial charge >= 0.3 is 0 Å². The van der Waals surface area contributed by atoms with Crippen molar-refractivity contribution in [3.05, 3.63) is 88.1 Å². The summed E-state index contributed by atoms with van der Waals surface area (Å²) >= 11 is 0. The predicted molar refractivity (Wildman–Crippen MR) is 94.4 cm³/mol. The van der Waals surface area contributed by atoms with Crippen molar-refractivity contribution >= 4 is 28.2 Å². The maximum Gasteiger partial charge on any atom is 0.284 e. The van der Waals surface area contributed by atoms with Crippen LogP contribution in [-0.4, -0.2) is 4.92 Å². The second kappa shape index (κ2) is 6.32. The van der Waals surface area contributed by atoms with Crippen LogP contribution in [0.4, 0.5) is 11.4 Å². The van der Waals surface area contributed by atoms with Crippen molar-refractivity contribution in [2.45, 2.75) is 6.92 Å². The summed E-state index contributed by atoms with van der Waals surface area (Å²) in [6, 6.07) is 19.0. The van der Waals surface area contributed by atoms with Gasteiger partial charge in [-0.15, -0.1) is 0 Å². The van der Waals surface area contributed by atoms with Gasteiger partial charge < -0.3 is 5.32 Å². The number of hydrogen-bond acceptors (Lipinski definition) is 3. The molecule has 3 aromatic carbocycles. The van der Waals surface area contributed by atoms with E-state index in [9.17, 15) is 10.1 Å². The van der Waals surface area contributed by atoms with Gasteiger partial charge in [0.25, 0.3) is 5.69 Å². The molecule has 114 valence electrons. The number of anilines is 1. The van der Waals surface area contributed by atoms with Gasteiger partial charge in [0.05, 0.1) is 15.9 Å². The molecule has 0 heterocycles. The molecule has 3 rings (SSSR count). The molecule has 0 spiro atoms. The molecule has 0 bridgehead atoms. The van der Waals surface area contributed by atoms with Crippen LogP contribution in [0, 0.1) is 17.0 Å². The Morgan fingerprint density at radius 3 is 2.48 bits per heavy atom. The molecule has 0 saturated heterocycles. The Morgan fingerprint density at radius 2 is 1.74 bits per heavy atom. The number of nitro groups is 1. The first-order valence-corrected chi connectivity index (χ1v) is 7.31. The highest BCUT2D eigenvalue weighted by Crippen LogP contribution is 2.30. The predicted octanol–water partition coefficient (Wildman–Crippen LogP) is 5.14. The van der Waals surface area contributed by atoms with Gasteiger partial charge in [-0.1, -0.05) is 42.0 Å². The maximum atomic E-state index is 11.5. The molecular weight excluding hydrogens is 288 g/mol. The third-order valence-electron chi connectivity index (χ3n) is 3.68. The lowest BCUT2D eigenvalue weighted by Gasteiger charge is -2.04. The van der Waals surface area contributed by atoms with Crippen molar-refractivity contribution in [2.75, 3.05) is 5.32 Å². The largest absolute Gasteiger partial charge is 0.362 e. The minimum atomic E-state index is -0.326. The smallest absolute Gasteiger partial charge is 0.284 e. The van der Waals surface area contributed by atoms with Crippen molar-refractivity contribution in [1.29, 1.82) is 0 Å². The molecule has 4 heteroatoms. The molecule has 0 atom stereocenters. The number of nitrogens with one attached hydrogen (secondary N) is 1. The van der Waals surface area contributed by atoms with Crippen LogP contribution in [0.15, 0.2) is 66.9 Å². The summed E-state index contributed by atoms with van der Waals surface area (Å²) in [6.45, 7) is 2.03. The molecule has 0 aliphatic rings. The number of aryl methyl sites for hydroxylation is 1. The molecule has 1 N–H and O–H groups in total. The number of benzene rings is 3. The van der Waals surface area contributed by atoms with Crippen molar-refractivity contribution in [3.63, 3.8) is 0 Å². The molecule has 0 aliphatic heterocycles. The van der Waals surface area contributed by atoms with Crippen LogP contribution in [0.25, 0.3) is 16.8 Å². The Balaban J connectivity index is 1.93. The van der Waals surface area contributed by atoms with Crippen LogP contribution in [0.2, 0.25) is 0 Å². The zero-order valence-electron chi connectivity index (χ0n) is 12.7. The van der Waals surface area contributed by atoms with E-state index >= 15 is 0 Å². The molecule has 0 radical (unpaired) electrons. The Kier molecular flexibility index (Phi) is 4.06. The molecule has 0 amide bonds. The third-order valence-corrected chi connectivity index (χ3v) is 3.68. The molecule has 0 unspecified atom stereocenters. The average molecular weight is 304 g/mol. The highest BCUT2D eigenvalue weighted by molar-refractivity contribution is 5.94. The van der Waals surface area contributed by atoms with Crippen molar-refractivity contribution in [3.8, 4) is 0 Å². The number of hydrogen-bond donors (Lipinski definition) is 1. The van der Waals surface area contributed by atoms with E-state index in [0.29, 0.717) is 10.9 Å². The van der Waals surface area contributed by atoms with E-state index in [-0.39, 0.29) is 10.6 Å². The topological polar surface area (TPSA) is 55.2 Å². The summed E-state index contributed by atoms with van der Waals surface area (Å²) in [5.41, 5.74) is 2.83. The van der Waals surface area contributed by atoms with Crippen molar-refractivity contribution < 1.29 is 4.92 Å². The summed E-state index contributed by atoms with van der Waals surface area (Å²) in [7, 11) is 0. The molecule has 4 nitrogen and oxygen atoms in total. The van der Waals surface area contributed by atoms with E-state index in [0.717, 1.165) is 11.1 Å². The van der Waals surface area contributed by atoms with E-state index in [4.69, 9.17) is 0 Å². The Morgan fingerprint density at radius 1 is 1.00 bits per heavy atom. The van der Waals surface area contributed by atoms with Crippen LogP contribution in [0.3, 0.4) is 0 Å². The third kappa shape index (κ3) is 3.21. The van der Waals surface area contributed by atoms with Crippen LogP contribution in [0.5, 0.6) is 0 Å². The van der Waals surface area contributed by atoms with Crippen molar-refractivity contribution in [1.82, 2.24) is 0 Å². The van der Waals surface area contributed by atoms with Gasteiger partial charge in [-0.2, -0.15) is 0 Å². The molecule has 3 aromatic rings. The van der Waals surface area contributed by atoms with Gasteiger partial charge in [-0.25, -0.2) is 0 Å². The first-order chi connectivity index (χ1) is 11.1. The second-order valence-electron chi connectivity index (χ2n) is 5.33. The Hall–Kier alpha value is -3.14. The number of nitrogens with zero attached hydrogens (tertiary/aromatic N) is 1. The zero-order chi connectivity index (χ0) is 16.2. The monoisotopic (exact) mass is 304 g/mol. The van der Waals surface area contributed by atoms with E-state index in [1.54, 1.807) is 24.4 Å². The number of fused-ring (bicyclic) bond motifs is 1. The summed E-state index contributed by atoms with van der Waals surface area (Å²) in [6.07, 6.45) is 3.45. The molecule has 0 aromatic heterocycles. The van der Waals surface area contributed by atoms with Crippen LogP contribution >= 0.6 is 0 Å². The van der Waals surface area contributed by atoms with Crippen LogP contribution < -0.4 is 5.32 Å². The zero-order valence-corrected chi connectivity index (χ0v) is 12.7. The quantitative estimate of drug-likeness (QED) is 0.536. The molecule has 0 saturated carbocycles. The molecular formula is C19H16N2O2. The van der Waals surface area contributed by atoms with E-state index < -0.39 is 0 Å². The molecule has 0 fully saturated rings. The van der Waals surface area contributed by atoms with Gasteiger partial charge in [0, 0.05) is 11.9 Å². The highest BCUT2D eigenvalue weighted by Gasteiger charge is 2.16. The van der Waals surface area contributed by atoms with Gasteiger partial charge in [0.15, 0.2) is 0 Å². The SMILES string of the molecule is Cc1ccc(NC=Cc2ccc3ccccc3c2[N+](=O)[O-])cc1. The summed E-state index contributed by atoms with van der Waals surface area (Å²) in [4.78, 5) is 11.1. The lowest BCUT2D eigenvalue weighted by atomic mass is 10.0. The van der Waals surface area contributed by atoms with E-state index in [2.05, 4.69) is 5.32 Å². The summed E-state index contributed by atoms with van der Waals surface area (Å²) in [5, 5.41) is 16.1. The average Bonchev–Trinajstić information content (AvgIpc) is 2.56. The van der Waals surface area contributed by atoms with Gasteiger partial charge in [-0.05, 0) is 42.7 Å². The lowest BCUT2D eigenvalue weighted by Crippen LogP contribution is -1.94. The fourth-order valence-electron chi connectivity index (χ4n) is 2.49. The maximum absolute atomic E-state index is 11.5. The summed E-state index contributed by atoms with van der Waals surface area (Å²) < 4.78 is 0. The number of nitro benzene ring substituents is 1. The fourth-order valence-corrected chi connectivity index (χ4v) is 2.49. The van der Waals surface area contributed by atoms with E-state index in [1.165, 1.54) is 5.56 Å². The van der Waals surface area contributed by atoms with Crippen molar-refractivity contribution in [2.24, 2.45) is 0 Å². The van der Waals surface area contributed by atoms with Crippen LogP contribution in [0.1, 0.15) is 11.1 Å². The first kappa shape index (κ1) is 14.8. The standard InChI is InChI=1S/C19H16N2O2/c1-14-6-10-17(11-7-14)20-13-12-16-9-8-15-4-2-3-5-18(15)19(16)21(22)23/h2-13,20H,1H3. The highest BCUT2D eigenvalue weighted by atomic mass is 16.6. The normalized spacial score (nSPS) is 11.0. The number of rotatable bonds is 4. The van der Waals surface area contributed by atoms with Gasteiger partial charge in [-0.3, -0.25) is 10.1 Å². The first-order valence-electron chi connectivity index (χ1n) is 7.31. The van der Waals surface area contributed by atoms with Gasteiger partial charge in [0.2, 0.25) is 0 Å². The Labute approximate surface area is 134 Å². The Bertz CT molecular complexity index is 884. The summed E-state index contributed by atoms with van der Waals surface area (Å²) in [5.74, 6) is 0.